The largest absolute Gasteiger partial charge is 0.369 e. The highest BCUT2D eigenvalue weighted by Crippen LogP contribution is 2.35. The highest BCUT2D eigenvalue weighted by Gasteiger charge is 2.27. The molecular formula is C9H12N2O2S. The van der Waals surface area contributed by atoms with Crippen LogP contribution in [0.1, 0.15) is 19.8 Å². The van der Waals surface area contributed by atoms with Crippen molar-refractivity contribution in [3.8, 4) is 0 Å². The number of nitrogens with zero attached hydrogens (tertiary/aromatic N) is 1. The summed E-state index contributed by atoms with van der Waals surface area (Å²) in [5.41, 5.74) is 0.203. The Bertz CT molecular complexity index is 344. The molecule has 2 rings (SSSR count). The van der Waals surface area contributed by atoms with Crippen LogP contribution in [0.25, 0.3) is 0 Å². The lowest BCUT2D eigenvalue weighted by molar-refractivity contribution is -0.383. The van der Waals surface area contributed by atoms with Crippen LogP contribution >= 0.6 is 11.3 Å². The predicted molar refractivity (Wildman–Crippen MR) is 56.8 cm³/mol. The van der Waals surface area contributed by atoms with E-state index < -0.39 is 0 Å². The topological polar surface area (TPSA) is 55.2 Å². The molecule has 0 unspecified atom stereocenters. The first-order valence-electron chi connectivity index (χ1n) is 4.65. The zero-order valence-electron chi connectivity index (χ0n) is 7.90. The van der Waals surface area contributed by atoms with E-state index >= 15 is 0 Å². The summed E-state index contributed by atoms with van der Waals surface area (Å²) >= 11 is 1.40. The first kappa shape index (κ1) is 9.45. The van der Waals surface area contributed by atoms with Gasteiger partial charge in [-0.2, -0.15) is 0 Å². The second-order valence-corrected chi connectivity index (χ2v) is 4.73. The Kier molecular flexibility index (Phi) is 2.41. The molecule has 1 aromatic heterocycles. The van der Waals surface area contributed by atoms with Gasteiger partial charge >= 0.3 is 5.69 Å². The Balaban J connectivity index is 2.02. The van der Waals surface area contributed by atoms with Crippen LogP contribution in [0.2, 0.25) is 0 Å². The van der Waals surface area contributed by atoms with Crippen molar-refractivity contribution in [1.29, 1.82) is 0 Å². The highest BCUT2D eigenvalue weighted by molar-refractivity contribution is 7.14. The molecule has 76 valence electrons. The Labute approximate surface area is 86.1 Å². The average Bonchev–Trinajstić information content (AvgIpc) is 2.49. The highest BCUT2D eigenvalue weighted by atomic mass is 32.1. The van der Waals surface area contributed by atoms with Gasteiger partial charge in [-0.1, -0.05) is 6.92 Å². The summed E-state index contributed by atoms with van der Waals surface area (Å²) in [6, 6.07) is 1.98. The predicted octanol–water partition coefficient (Wildman–Crippen LogP) is 2.87. The molecule has 5 heteroatoms. The molecular weight excluding hydrogens is 200 g/mol. The van der Waals surface area contributed by atoms with Gasteiger partial charge in [-0.25, -0.2) is 0 Å². The first-order valence-corrected chi connectivity index (χ1v) is 5.53. The van der Waals surface area contributed by atoms with Crippen LogP contribution in [0.5, 0.6) is 0 Å². The molecule has 1 aliphatic carbocycles. The van der Waals surface area contributed by atoms with Crippen LogP contribution in [0, 0.1) is 16.0 Å². The van der Waals surface area contributed by atoms with Crippen molar-refractivity contribution < 1.29 is 4.92 Å². The number of thiophene rings is 1. The van der Waals surface area contributed by atoms with E-state index in [-0.39, 0.29) is 10.6 Å². The van der Waals surface area contributed by atoms with Gasteiger partial charge in [0.15, 0.2) is 5.00 Å². The molecule has 1 saturated carbocycles. The molecule has 1 aromatic rings. The Morgan fingerprint density at radius 1 is 1.64 bits per heavy atom. The normalized spacial score (nSPS) is 25.5. The van der Waals surface area contributed by atoms with Gasteiger partial charge in [0.05, 0.1) is 4.92 Å². The molecule has 0 spiro atoms. The molecule has 0 radical (unpaired) electrons. The van der Waals surface area contributed by atoms with Gasteiger partial charge in [-0.15, -0.1) is 11.3 Å². The summed E-state index contributed by atoms with van der Waals surface area (Å²) in [5, 5.41) is 16.3. The third-order valence-electron chi connectivity index (χ3n) is 2.55. The average molecular weight is 212 g/mol. The number of nitro groups is 1. The molecule has 1 heterocycles. The third kappa shape index (κ3) is 1.72. The second kappa shape index (κ2) is 3.57. The first-order chi connectivity index (χ1) is 6.66. The molecule has 0 atom stereocenters. The molecule has 4 nitrogen and oxygen atoms in total. The summed E-state index contributed by atoms with van der Waals surface area (Å²) in [6.07, 6.45) is 2.24. The monoisotopic (exact) mass is 212 g/mol. The zero-order valence-corrected chi connectivity index (χ0v) is 8.71. The Morgan fingerprint density at radius 2 is 2.36 bits per heavy atom. The molecule has 0 bridgehead atoms. The van der Waals surface area contributed by atoms with Crippen LogP contribution in [0.4, 0.5) is 10.7 Å². The van der Waals surface area contributed by atoms with E-state index in [0.29, 0.717) is 11.0 Å². The van der Waals surface area contributed by atoms with Crippen LogP contribution in [-0.2, 0) is 0 Å². The maximum absolute atomic E-state index is 10.6. The lowest BCUT2D eigenvalue weighted by atomic mass is 9.82. The van der Waals surface area contributed by atoms with E-state index in [1.165, 1.54) is 11.3 Å². The lowest BCUT2D eigenvalue weighted by Gasteiger charge is -2.33. The van der Waals surface area contributed by atoms with Crippen molar-refractivity contribution in [2.45, 2.75) is 25.8 Å². The van der Waals surface area contributed by atoms with Gasteiger partial charge in [0.25, 0.3) is 0 Å². The maximum atomic E-state index is 10.6. The quantitative estimate of drug-likeness (QED) is 0.619. The fraction of sp³-hybridized carbons (Fsp3) is 0.556. The van der Waals surface area contributed by atoms with Crippen molar-refractivity contribution in [2.75, 3.05) is 5.32 Å². The van der Waals surface area contributed by atoms with Gasteiger partial charge in [-0.05, 0) is 24.1 Å². The standard InChI is InChI=1S/C9H12N2O2S/c1-6-4-7(5-6)10-9-8(11(12)13)2-3-14-9/h2-3,6-7,10H,4-5H2,1H3. The van der Waals surface area contributed by atoms with E-state index in [2.05, 4.69) is 12.2 Å². The third-order valence-corrected chi connectivity index (χ3v) is 3.38. The summed E-state index contributed by atoms with van der Waals surface area (Å²) < 4.78 is 0. The second-order valence-electron chi connectivity index (χ2n) is 3.81. The van der Waals surface area contributed by atoms with Gasteiger partial charge < -0.3 is 5.32 Å². The van der Waals surface area contributed by atoms with Crippen LogP contribution < -0.4 is 5.32 Å². The minimum absolute atomic E-state index is 0.203. The Morgan fingerprint density at radius 3 is 2.93 bits per heavy atom. The lowest BCUT2D eigenvalue weighted by Crippen LogP contribution is -2.33. The minimum atomic E-state index is -0.332. The summed E-state index contributed by atoms with van der Waals surface area (Å²) in [6.45, 7) is 2.20. The van der Waals surface area contributed by atoms with Crippen LogP contribution in [0.15, 0.2) is 11.4 Å². The van der Waals surface area contributed by atoms with Gasteiger partial charge in [0.1, 0.15) is 0 Å². The van der Waals surface area contributed by atoms with E-state index in [1.54, 1.807) is 11.4 Å². The number of hydrogen-bond acceptors (Lipinski definition) is 4. The van der Waals surface area contributed by atoms with Crippen LogP contribution in [-0.4, -0.2) is 11.0 Å². The molecule has 1 aliphatic rings. The number of anilines is 1. The number of hydrogen-bond donors (Lipinski definition) is 1. The molecule has 0 saturated heterocycles. The zero-order chi connectivity index (χ0) is 10.1. The molecule has 0 aliphatic heterocycles. The molecule has 1 fully saturated rings. The van der Waals surface area contributed by atoms with E-state index in [0.717, 1.165) is 18.8 Å². The van der Waals surface area contributed by atoms with E-state index in [9.17, 15) is 10.1 Å². The van der Waals surface area contributed by atoms with Gasteiger partial charge in [0.2, 0.25) is 0 Å². The van der Waals surface area contributed by atoms with Gasteiger partial charge in [-0.3, -0.25) is 10.1 Å². The van der Waals surface area contributed by atoms with E-state index in [4.69, 9.17) is 0 Å². The van der Waals surface area contributed by atoms with Crippen LogP contribution in [0.3, 0.4) is 0 Å². The summed E-state index contributed by atoms with van der Waals surface area (Å²) in [7, 11) is 0. The molecule has 1 N–H and O–H groups in total. The number of nitrogens with one attached hydrogen (secondary N) is 1. The summed E-state index contributed by atoms with van der Waals surface area (Å²) in [5.74, 6) is 0.756. The van der Waals surface area contributed by atoms with Crippen molar-refractivity contribution in [3.63, 3.8) is 0 Å². The molecule has 14 heavy (non-hydrogen) atoms. The smallest absolute Gasteiger partial charge is 0.303 e. The van der Waals surface area contributed by atoms with Crippen molar-refractivity contribution in [3.05, 3.63) is 21.6 Å². The molecule has 0 amide bonds. The summed E-state index contributed by atoms with van der Waals surface area (Å²) in [4.78, 5) is 10.3. The fourth-order valence-electron chi connectivity index (χ4n) is 1.76. The van der Waals surface area contributed by atoms with Crippen molar-refractivity contribution >= 4 is 22.0 Å². The Hall–Kier alpha value is -1.10. The maximum Gasteiger partial charge on any atom is 0.303 e. The molecule has 0 aromatic carbocycles. The van der Waals surface area contributed by atoms with Crippen molar-refractivity contribution in [2.24, 2.45) is 5.92 Å². The SMILES string of the molecule is CC1CC(Nc2sccc2[N+](=O)[O-])C1. The minimum Gasteiger partial charge on any atom is -0.369 e. The van der Waals surface area contributed by atoms with Crippen molar-refractivity contribution in [1.82, 2.24) is 0 Å². The fourth-order valence-corrected chi connectivity index (χ4v) is 2.59. The van der Waals surface area contributed by atoms with E-state index in [1.807, 2.05) is 0 Å². The van der Waals surface area contributed by atoms with Gasteiger partial charge in [0, 0.05) is 12.1 Å². The number of rotatable bonds is 3.